The molecule has 5 rings (SSSR count). The Morgan fingerprint density at radius 1 is 1.00 bits per heavy atom. The van der Waals surface area contributed by atoms with Gasteiger partial charge in [0.05, 0.1) is 18.5 Å². The molecule has 1 atom stereocenters. The number of carbonyl (C=O) groups excluding carboxylic acids is 2. The molecule has 0 saturated carbocycles. The molecule has 0 radical (unpaired) electrons. The number of para-hydroxylation sites is 2. The Morgan fingerprint density at radius 2 is 1.69 bits per heavy atom. The number of rotatable bonds is 4. The van der Waals surface area contributed by atoms with E-state index < -0.39 is 6.04 Å². The molecule has 1 aliphatic rings. The van der Waals surface area contributed by atoms with E-state index in [9.17, 15) is 9.59 Å². The summed E-state index contributed by atoms with van der Waals surface area (Å²) in [7, 11) is 1.66. The summed E-state index contributed by atoms with van der Waals surface area (Å²) in [5.74, 6) is 1.09. The predicted molar refractivity (Wildman–Crippen MR) is 136 cm³/mol. The highest BCUT2D eigenvalue weighted by atomic mass is 16.5. The molecule has 2 N–H and O–H groups in total. The SMILES string of the molecule is COc1ccccc1.Cc1cccc(C(=O)NC2Cc3c(C)nn(-c4ccccc4)c3NC2=O)c1. The first-order valence-corrected chi connectivity index (χ1v) is 11.4. The van der Waals surface area contributed by atoms with E-state index in [1.54, 1.807) is 23.9 Å². The van der Waals surface area contributed by atoms with Crippen LogP contribution in [0, 0.1) is 13.8 Å². The summed E-state index contributed by atoms with van der Waals surface area (Å²) in [6.45, 7) is 3.84. The van der Waals surface area contributed by atoms with E-state index in [1.807, 2.05) is 86.6 Å². The van der Waals surface area contributed by atoms with Crippen LogP contribution in [-0.4, -0.2) is 34.7 Å². The summed E-state index contributed by atoms with van der Waals surface area (Å²) < 4.78 is 6.65. The monoisotopic (exact) mass is 468 g/mol. The highest BCUT2D eigenvalue weighted by molar-refractivity contribution is 6.02. The average molecular weight is 469 g/mol. The molecule has 2 heterocycles. The van der Waals surface area contributed by atoms with Gasteiger partial charge in [0.15, 0.2) is 0 Å². The molecule has 0 saturated heterocycles. The van der Waals surface area contributed by atoms with Crippen LogP contribution in [0.2, 0.25) is 0 Å². The van der Waals surface area contributed by atoms with Crippen LogP contribution in [0.5, 0.6) is 5.75 Å². The predicted octanol–water partition coefficient (Wildman–Crippen LogP) is 4.48. The topological polar surface area (TPSA) is 85.2 Å². The lowest BCUT2D eigenvalue weighted by molar-refractivity contribution is -0.118. The molecule has 3 aromatic carbocycles. The largest absolute Gasteiger partial charge is 0.497 e. The van der Waals surface area contributed by atoms with E-state index in [2.05, 4.69) is 15.7 Å². The molecule has 1 aliphatic heterocycles. The van der Waals surface area contributed by atoms with Gasteiger partial charge in [0.2, 0.25) is 5.91 Å². The van der Waals surface area contributed by atoms with Crippen molar-refractivity contribution in [1.82, 2.24) is 15.1 Å². The van der Waals surface area contributed by atoms with Crippen molar-refractivity contribution in [3.63, 3.8) is 0 Å². The number of anilines is 1. The standard InChI is InChI=1S/C21H20N4O2.C7H8O/c1-13-7-6-8-15(11-13)20(26)22-18-12-17-14(2)24-25(19(17)23-21(18)27)16-9-4-3-5-10-16;1-8-7-5-3-2-4-6-7/h3-11,18H,12H2,1-2H3,(H,22,26)(H,23,27);2-6H,1H3. The van der Waals surface area contributed by atoms with E-state index in [4.69, 9.17) is 4.74 Å². The minimum atomic E-state index is -0.627. The third-order valence-corrected chi connectivity index (χ3v) is 5.72. The maximum absolute atomic E-state index is 12.6. The Kier molecular flexibility index (Phi) is 7.26. The smallest absolute Gasteiger partial charge is 0.251 e. The van der Waals surface area contributed by atoms with Crippen LogP contribution in [0.4, 0.5) is 5.82 Å². The number of ether oxygens (including phenoxy) is 1. The van der Waals surface area contributed by atoms with Crippen LogP contribution in [0.1, 0.15) is 27.2 Å². The second-order valence-electron chi connectivity index (χ2n) is 8.27. The Morgan fingerprint density at radius 3 is 2.31 bits per heavy atom. The maximum atomic E-state index is 12.6. The van der Waals surface area contributed by atoms with E-state index >= 15 is 0 Å². The Hall–Kier alpha value is -4.39. The van der Waals surface area contributed by atoms with Crippen LogP contribution in [0.15, 0.2) is 84.9 Å². The number of aryl methyl sites for hydroxylation is 2. The molecule has 7 heteroatoms. The van der Waals surface area contributed by atoms with Gasteiger partial charge in [-0.1, -0.05) is 54.1 Å². The van der Waals surface area contributed by atoms with Crippen molar-refractivity contribution in [1.29, 1.82) is 0 Å². The second kappa shape index (κ2) is 10.7. The van der Waals surface area contributed by atoms with Gasteiger partial charge in [0.1, 0.15) is 17.6 Å². The van der Waals surface area contributed by atoms with Gasteiger partial charge in [-0.3, -0.25) is 9.59 Å². The number of fused-ring (bicyclic) bond motifs is 1. The number of carbonyl (C=O) groups is 2. The number of nitrogens with one attached hydrogen (secondary N) is 2. The van der Waals surface area contributed by atoms with Gasteiger partial charge in [-0.05, 0) is 50.2 Å². The lowest BCUT2D eigenvalue weighted by Gasteiger charge is -2.24. The van der Waals surface area contributed by atoms with Crippen molar-refractivity contribution in [2.75, 3.05) is 12.4 Å². The molecule has 7 nitrogen and oxygen atoms in total. The van der Waals surface area contributed by atoms with Gasteiger partial charge < -0.3 is 15.4 Å². The number of nitrogens with zero attached hydrogens (tertiary/aromatic N) is 2. The molecule has 2 amide bonds. The van der Waals surface area contributed by atoms with E-state index in [0.717, 1.165) is 28.3 Å². The highest BCUT2D eigenvalue weighted by Crippen LogP contribution is 2.28. The molecule has 0 bridgehead atoms. The Bertz CT molecular complexity index is 1320. The Labute approximate surface area is 204 Å². The van der Waals surface area contributed by atoms with Crippen LogP contribution in [0.3, 0.4) is 0 Å². The van der Waals surface area contributed by atoms with Crippen molar-refractivity contribution in [2.24, 2.45) is 0 Å². The fraction of sp³-hybridized carbons (Fsp3) is 0.179. The van der Waals surface area contributed by atoms with Crippen molar-refractivity contribution >= 4 is 17.6 Å². The van der Waals surface area contributed by atoms with Crippen LogP contribution in [-0.2, 0) is 11.2 Å². The van der Waals surface area contributed by atoms with E-state index in [-0.39, 0.29) is 11.8 Å². The normalized spacial score (nSPS) is 14.1. The number of aromatic nitrogens is 2. The third-order valence-electron chi connectivity index (χ3n) is 5.72. The number of methoxy groups -OCH3 is 1. The van der Waals surface area contributed by atoms with Crippen molar-refractivity contribution in [2.45, 2.75) is 26.3 Å². The van der Waals surface area contributed by atoms with Gasteiger partial charge in [-0.2, -0.15) is 5.10 Å². The number of hydrogen-bond donors (Lipinski definition) is 2. The minimum absolute atomic E-state index is 0.236. The summed E-state index contributed by atoms with van der Waals surface area (Å²) >= 11 is 0. The van der Waals surface area contributed by atoms with Gasteiger partial charge >= 0.3 is 0 Å². The summed E-state index contributed by atoms with van der Waals surface area (Å²) in [6, 6.07) is 26.0. The quantitative estimate of drug-likeness (QED) is 0.463. The molecule has 1 unspecified atom stereocenters. The zero-order valence-electron chi connectivity index (χ0n) is 20.0. The van der Waals surface area contributed by atoms with Gasteiger partial charge in [-0.15, -0.1) is 0 Å². The first-order valence-electron chi connectivity index (χ1n) is 11.4. The minimum Gasteiger partial charge on any atom is -0.497 e. The van der Waals surface area contributed by atoms with E-state index in [0.29, 0.717) is 17.8 Å². The molecular weight excluding hydrogens is 440 g/mol. The molecule has 0 aliphatic carbocycles. The van der Waals surface area contributed by atoms with Gasteiger partial charge in [0.25, 0.3) is 5.91 Å². The summed E-state index contributed by atoms with van der Waals surface area (Å²) in [6.07, 6.45) is 0.414. The van der Waals surface area contributed by atoms with Gasteiger partial charge in [0, 0.05) is 17.5 Å². The first-order chi connectivity index (χ1) is 17.0. The lowest BCUT2D eigenvalue weighted by Crippen LogP contribution is -2.47. The van der Waals surface area contributed by atoms with Crippen molar-refractivity contribution in [3.05, 3.63) is 107 Å². The molecule has 0 spiro atoms. The fourth-order valence-corrected chi connectivity index (χ4v) is 3.89. The van der Waals surface area contributed by atoms with Gasteiger partial charge in [-0.25, -0.2) is 4.68 Å². The molecule has 35 heavy (non-hydrogen) atoms. The molecule has 4 aromatic rings. The lowest BCUT2D eigenvalue weighted by atomic mass is 10.0. The number of amides is 2. The zero-order chi connectivity index (χ0) is 24.8. The molecule has 1 aromatic heterocycles. The van der Waals surface area contributed by atoms with Crippen LogP contribution < -0.4 is 15.4 Å². The molecule has 0 fully saturated rings. The van der Waals surface area contributed by atoms with E-state index in [1.165, 1.54) is 0 Å². The third kappa shape index (κ3) is 5.58. The van der Waals surface area contributed by atoms with Crippen LogP contribution in [0.25, 0.3) is 5.69 Å². The first kappa shape index (κ1) is 23.8. The Balaban J connectivity index is 0.000000308. The highest BCUT2D eigenvalue weighted by Gasteiger charge is 2.32. The number of hydrogen-bond acceptors (Lipinski definition) is 4. The average Bonchev–Trinajstić information content (AvgIpc) is 3.20. The molecular formula is C28H28N4O3. The van der Waals surface area contributed by atoms with Crippen molar-refractivity contribution in [3.8, 4) is 11.4 Å². The fourth-order valence-electron chi connectivity index (χ4n) is 3.89. The molecule has 178 valence electrons. The van der Waals surface area contributed by atoms with Crippen LogP contribution >= 0.6 is 0 Å². The maximum Gasteiger partial charge on any atom is 0.251 e. The summed E-state index contributed by atoms with van der Waals surface area (Å²) in [5.41, 5.74) is 4.20. The van der Waals surface area contributed by atoms with Crippen molar-refractivity contribution < 1.29 is 14.3 Å². The summed E-state index contributed by atoms with van der Waals surface area (Å²) in [5, 5.41) is 10.3. The second-order valence-corrected chi connectivity index (χ2v) is 8.27. The zero-order valence-corrected chi connectivity index (χ0v) is 20.0. The summed E-state index contributed by atoms with van der Waals surface area (Å²) in [4.78, 5) is 25.1. The number of benzene rings is 3.